The zero-order chi connectivity index (χ0) is 18.1. The summed E-state index contributed by atoms with van der Waals surface area (Å²) < 4.78 is 0. The summed E-state index contributed by atoms with van der Waals surface area (Å²) in [5, 5.41) is 9.45. The molecule has 3 rings (SSSR count). The molecule has 0 unspecified atom stereocenters. The van der Waals surface area contributed by atoms with Crippen LogP contribution in [0.5, 0.6) is 0 Å². The van der Waals surface area contributed by atoms with E-state index < -0.39 is 0 Å². The van der Waals surface area contributed by atoms with Crippen molar-refractivity contribution in [3.63, 3.8) is 0 Å². The van der Waals surface area contributed by atoms with Gasteiger partial charge in [-0.25, -0.2) is 0 Å². The summed E-state index contributed by atoms with van der Waals surface area (Å²) in [6.45, 7) is 9.47. The van der Waals surface area contributed by atoms with Crippen LogP contribution in [-0.4, -0.2) is 5.11 Å². The van der Waals surface area contributed by atoms with Crippen LogP contribution < -0.4 is 0 Å². The number of aliphatic hydroxyl groups is 1. The smallest absolute Gasteiger partial charge is 0.0694 e. The molecule has 0 amide bonds. The molecule has 0 saturated carbocycles. The highest BCUT2D eigenvalue weighted by Crippen LogP contribution is 2.47. The summed E-state index contributed by atoms with van der Waals surface area (Å²) in [5.41, 5.74) is 6.59. The first-order valence-corrected chi connectivity index (χ1v) is 9.16. The molecule has 0 aromatic heterocycles. The lowest BCUT2D eigenvalue weighted by Gasteiger charge is -2.43. The fraction of sp³-hybridized carbons (Fsp3) is 0.417. The van der Waals surface area contributed by atoms with Crippen LogP contribution in [0.25, 0.3) is 0 Å². The van der Waals surface area contributed by atoms with Gasteiger partial charge >= 0.3 is 0 Å². The molecule has 130 valence electrons. The lowest BCUT2D eigenvalue weighted by atomic mass is 9.62. The highest BCUT2D eigenvalue weighted by molar-refractivity contribution is 5.48. The molecule has 1 aliphatic rings. The molecule has 0 atom stereocenters. The quantitative estimate of drug-likeness (QED) is 0.757. The molecule has 1 heteroatoms. The molecule has 0 aliphatic heterocycles. The topological polar surface area (TPSA) is 20.2 Å². The van der Waals surface area contributed by atoms with Crippen molar-refractivity contribution in [3.05, 3.63) is 70.3 Å². The molecular weight excluding hydrogens is 304 g/mol. The maximum atomic E-state index is 9.45. The van der Waals surface area contributed by atoms with Gasteiger partial charge in [-0.3, -0.25) is 0 Å². The predicted molar refractivity (Wildman–Crippen MR) is 105 cm³/mol. The first-order chi connectivity index (χ1) is 11.8. The zero-order valence-corrected chi connectivity index (χ0v) is 15.8. The van der Waals surface area contributed by atoms with Gasteiger partial charge in [-0.1, -0.05) is 75.9 Å². The Hall–Kier alpha value is -2.04. The van der Waals surface area contributed by atoms with Crippen molar-refractivity contribution >= 4 is 0 Å². The standard InChI is InChI=1S/C24H28O/c1-23(2)15-16-24(3,4)22-19(13-8-14-21(22)23)12-7-11-18-9-5-6-10-20(18)17-25/h5-6,8-10,13-14,25H,12,15-17H2,1-4H3. The predicted octanol–water partition coefficient (Wildman–Crippen LogP) is 5.12. The SMILES string of the molecule is CC1(C)CCC(C)(C)c2c(CC#Cc3ccccc3CO)cccc21. The third kappa shape index (κ3) is 3.51. The van der Waals surface area contributed by atoms with E-state index in [1.165, 1.54) is 29.5 Å². The van der Waals surface area contributed by atoms with Gasteiger partial charge in [0.05, 0.1) is 6.61 Å². The summed E-state index contributed by atoms with van der Waals surface area (Å²) in [4.78, 5) is 0. The van der Waals surface area contributed by atoms with Crippen molar-refractivity contribution < 1.29 is 5.11 Å². The zero-order valence-electron chi connectivity index (χ0n) is 15.8. The minimum atomic E-state index is 0.0345. The molecule has 0 heterocycles. The van der Waals surface area contributed by atoms with Crippen LogP contribution in [0.15, 0.2) is 42.5 Å². The van der Waals surface area contributed by atoms with Gasteiger partial charge in [-0.15, -0.1) is 0 Å². The molecule has 1 nitrogen and oxygen atoms in total. The van der Waals surface area contributed by atoms with E-state index >= 15 is 0 Å². The van der Waals surface area contributed by atoms with Crippen LogP contribution in [0.4, 0.5) is 0 Å². The molecule has 2 aromatic carbocycles. The Morgan fingerprint density at radius 2 is 1.56 bits per heavy atom. The highest BCUT2D eigenvalue weighted by Gasteiger charge is 2.38. The Bertz CT molecular complexity index is 831. The van der Waals surface area contributed by atoms with Gasteiger partial charge < -0.3 is 5.11 Å². The Kier molecular flexibility index (Phi) is 4.76. The van der Waals surface area contributed by atoms with Crippen molar-refractivity contribution in [1.29, 1.82) is 0 Å². The van der Waals surface area contributed by atoms with E-state index in [4.69, 9.17) is 0 Å². The van der Waals surface area contributed by atoms with Crippen LogP contribution >= 0.6 is 0 Å². The van der Waals surface area contributed by atoms with E-state index in [2.05, 4.69) is 57.7 Å². The molecule has 2 aromatic rings. The summed E-state index contributed by atoms with van der Waals surface area (Å²) in [6.07, 6.45) is 3.19. The molecule has 0 radical (unpaired) electrons. The second-order valence-electron chi connectivity index (χ2n) is 8.40. The van der Waals surface area contributed by atoms with Crippen molar-refractivity contribution in [1.82, 2.24) is 0 Å². The molecule has 1 aliphatic carbocycles. The maximum Gasteiger partial charge on any atom is 0.0694 e. The maximum absolute atomic E-state index is 9.45. The molecule has 0 spiro atoms. The van der Waals surface area contributed by atoms with Crippen molar-refractivity contribution in [2.75, 3.05) is 0 Å². The summed E-state index contributed by atoms with van der Waals surface area (Å²) in [7, 11) is 0. The monoisotopic (exact) mass is 332 g/mol. The Morgan fingerprint density at radius 1 is 0.880 bits per heavy atom. The van der Waals surface area contributed by atoms with E-state index in [0.29, 0.717) is 0 Å². The Labute approximate surface area is 152 Å². The molecular formula is C24H28O. The van der Waals surface area contributed by atoms with Gasteiger partial charge in [0.25, 0.3) is 0 Å². The van der Waals surface area contributed by atoms with Gasteiger partial charge in [-0.2, -0.15) is 0 Å². The first kappa shape index (κ1) is 17.8. The van der Waals surface area contributed by atoms with E-state index in [0.717, 1.165) is 17.5 Å². The number of rotatable bonds is 2. The summed E-state index contributed by atoms with van der Waals surface area (Å²) in [6, 6.07) is 14.5. The van der Waals surface area contributed by atoms with E-state index in [1.54, 1.807) is 0 Å². The number of benzene rings is 2. The van der Waals surface area contributed by atoms with Gasteiger partial charge in [0.1, 0.15) is 0 Å². The average molecular weight is 332 g/mol. The minimum absolute atomic E-state index is 0.0345. The fourth-order valence-corrected chi connectivity index (χ4v) is 4.01. The van der Waals surface area contributed by atoms with Crippen molar-refractivity contribution in [2.45, 2.75) is 64.4 Å². The second-order valence-corrected chi connectivity index (χ2v) is 8.40. The lowest BCUT2D eigenvalue weighted by Crippen LogP contribution is -2.34. The highest BCUT2D eigenvalue weighted by atomic mass is 16.3. The van der Waals surface area contributed by atoms with Crippen LogP contribution in [0.2, 0.25) is 0 Å². The third-order valence-electron chi connectivity index (χ3n) is 5.62. The Balaban J connectivity index is 1.97. The second kappa shape index (κ2) is 6.70. The molecule has 1 N–H and O–H groups in total. The number of aliphatic hydroxyl groups excluding tert-OH is 1. The van der Waals surface area contributed by atoms with Crippen LogP contribution in [0, 0.1) is 11.8 Å². The number of fused-ring (bicyclic) bond motifs is 1. The van der Waals surface area contributed by atoms with Gasteiger partial charge in [-0.05, 0) is 52.0 Å². The molecule has 0 fully saturated rings. The lowest BCUT2D eigenvalue weighted by molar-refractivity contribution is 0.281. The minimum Gasteiger partial charge on any atom is -0.392 e. The largest absolute Gasteiger partial charge is 0.392 e. The van der Waals surface area contributed by atoms with Crippen molar-refractivity contribution in [2.24, 2.45) is 0 Å². The number of hydrogen-bond donors (Lipinski definition) is 1. The van der Waals surface area contributed by atoms with Gasteiger partial charge in [0, 0.05) is 12.0 Å². The molecule has 0 saturated heterocycles. The average Bonchev–Trinajstić information content (AvgIpc) is 2.59. The van der Waals surface area contributed by atoms with E-state index in [1.807, 2.05) is 24.3 Å². The van der Waals surface area contributed by atoms with Gasteiger partial charge in [0.15, 0.2) is 0 Å². The summed E-state index contributed by atoms with van der Waals surface area (Å²) >= 11 is 0. The van der Waals surface area contributed by atoms with E-state index in [-0.39, 0.29) is 17.4 Å². The van der Waals surface area contributed by atoms with Crippen LogP contribution in [0.3, 0.4) is 0 Å². The van der Waals surface area contributed by atoms with Crippen LogP contribution in [-0.2, 0) is 23.9 Å². The number of hydrogen-bond acceptors (Lipinski definition) is 1. The normalized spacial score (nSPS) is 17.3. The van der Waals surface area contributed by atoms with Crippen molar-refractivity contribution in [3.8, 4) is 11.8 Å². The molecule has 0 bridgehead atoms. The van der Waals surface area contributed by atoms with Gasteiger partial charge in [0.2, 0.25) is 0 Å². The Morgan fingerprint density at radius 3 is 2.32 bits per heavy atom. The van der Waals surface area contributed by atoms with E-state index in [9.17, 15) is 5.11 Å². The fourth-order valence-electron chi connectivity index (χ4n) is 4.01. The third-order valence-corrected chi connectivity index (χ3v) is 5.62. The van der Waals surface area contributed by atoms with Crippen LogP contribution in [0.1, 0.15) is 68.4 Å². The first-order valence-electron chi connectivity index (χ1n) is 9.16. The molecule has 25 heavy (non-hydrogen) atoms. The summed E-state index contributed by atoms with van der Waals surface area (Å²) in [5.74, 6) is 6.60.